The highest BCUT2D eigenvalue weighted by Crippen LogP contribution is 2.35. The maximum Gasteiger partial charge on any atom is 0.256 e. The SMILES string of the molecule is CN=Cc1cc(-c2cc(C)c(CN3Cc4ncccc4C3=O)c(F)c2)cc(C(C)(C)O)c1N. The van der Waals surface area contributed by atoms with E-state index in [4.69, 9.17) is 5.73 Å². The number of aliphatic hydroxyl groups is 1. The molecular weight excluding hydrogens is 419 g/mol. The molecule has 1 aliphatic heterocycles. The van der Waals surface area contributed by atoms with Crippen LogP contribution < -0.4 is 5.73 Å². The summed E-state index contributed by atoms with van der Waals surface area (Å²) >= 11 is 0. The summed E-state index contributed by atoms with van der Waals surface area (Å²) in [4.78, 5) is 22.6. The number of carbonyl (C=O) groups excluding carboxylic acids is 1. The lowest BCUT2D eigenvalue weighted by molar-refractivity contribution is 0.0763. The van der Waals surface area contributed by atoms with Crippen molar-refractivity contribution in [3.63, 3.8) is 0 Å². The number of fused-ring (bicyclic) bond motifs is 1. The summed E-state index contributed by atoms with van der Waals surface area (Å²) in [6.07, 6.45) is 3.28. The number of hydrogen-bond acceptors (Lipinski definition) is 5. The van der Waals surface area contributed by atoms with Crippen LogP contribution in [-0.4, -0.2) is 34.2 Å². The topological polar surface area (TPSA) is 91.8 Å². The molecule has 0 atom stereocenters. The fourth-order valence-electron chi connectivity index (χ4n) is 4.24. The van der Waals surface area contributed by atoms with Crippen LogP contribution >= 0.6 is 0 Å². The third-order valence-corrected chi connectivity index (χ3v) is 5.99. The van der Waals surface area contributed by atoms with Crippen LogP contribution in [0.5, 0.6) is 0 Å². The number of benzene rings is 2. The molecular formula is C26H27FN4O2. The molecule has 6 nitrogen and oxygen atoms in total. The predicted molar refractivity (Wildman–Crippen MR) is 128 cm³/mol. The highest BCUT2D eigenvalue weighted by Gasteiger charge is 2.29. The molecule has 1 aromatic heterocycles. The van der Waals surface area contributed by atoms with Crippen LogP contribution in [0.15, 0.2) is 47.6 Å². The third kappa shape index (κ3) is 4.24. The number of pyridine rings is 1. The summed E-state index contributed by atoms with van der Waals surface area (Å²) < 4.78 is 15.3. The van der Waals surface area contributed by atoms with E-state index in [1.807, 2.05) is 19.1 Å². The Labute approximate surface area is 192 Å². The molecule has 0 aliphatic carbocycles. The number of hydrogen-bond donors (Lipinski definition) is 2. The van der Waals surface area contributed by atoms with Crippen molar-refractivity contribution < 1.29 is 14.3 Å². The Morgan fingerprint density at radius 2 is 2.00 bits per heavy atom. The van der Waals surface area contributed by atoms with Crippen LogP contribution in [-0.2, 0) is 18.7 Å². The normalized spacial score (nSPS) is 13.8. The summed E-state index contributed by atoms with van der Waals surface area (Å²) in [7, 11) is 1.64. The third-order valence-electron chi connectivity index (χ3n) is 5.99. The van der Waals surface area contributed by atoms with Crippen molar-refractivity contribution in [2.45, 2.75) is 39.5 Å². The van der Waals surface area contributed by atoms with Crippen LogP contribution in [0.1, 0.15) is 52.2 Å². The van der Waals surface area contributed by atoms with Gasteiger partial charge in [0.15, 0.2) is 0 Å². The molecule has 3 N–H and O–H groups in total. The van der Waals surface area contributed by atoms with Gasteiger partial charge in [0.25, 0.3) is 5.91 Å². The maximum absolute atomic E-state index is 15.3. The highest BCUT2D eigenvalue weighted by molar-refractivity contribution is 5.97. The van der Waals surface area contributed by atoms with Gasteiger partial charge in [-0.15, -0.1) is 0 Å². The van der Waals surface area contributed by atoms with E-state index in [2.05, 4.69) is 9.98 Å². The first kappa shape index (κ1) is 22.6. The molecule has 4 rings (SSSR count). The molecule has 0 saturated heterocycles. The highest BCUT2D eigenvalue weighted by atomic mass is 19.1. The second kappa shape index (κ2) is 8.41. The van der Waals surface area contributed by atoms with Gasteiger partial charge >= 0.3 is 0 Å². The van der Waals surface area contributed by atoms with Gasteiger partial charge in [-0.05, 0) is 67.8 Å². The van der Waals surface area contributed by atoms with Crippen LogP contribution in [0.25, 0.3) is 11.1 Å². The number of nitrogens with zero attached hydrogens (tertiary/aromatic N) is 3. The van der Waals surface area contributed by atoms with E-state index in [0.29, 0.717) is 45.7 Å². The molecule has 1 aliphatic rings. The minimum absolute atomic E-state index is 0.141. The van der Waals surface area contributed by atoms with E-state index < -0.39 is 11.4 Å². The number of aromatic nitrogens is 1. The summed E-state index contributed by atoms with van der Waals surface area (Å²) in [5, 5.41) is 10.6. The van der Waals surface area contributed by atoms with Gasteiger partial charge < -0.3 is 15.7 Å². The number of amides is 1. The van der Waals surface area contributed by atoms with E-state index in [1.165, 1.54) is 6.07 Å². The first-order chi connectivity index (χ1) is 15.6. The molecule has 33 heavy (non-hydrogen) atoms. The number of carbonyl (C=O) groups is 1. The van der Waals surface area contributed by atoms with Crippen LogP contribution in [0.4, 0.5) is 10.1 Å². The van der Waals surface area contributed by atoms with Crippen molar-refractivity contribution in [2.24, 2.45) is 4.99 Å². The van der Waals surface area contributed by atoms with Crippen LogP contribution in [0.2, 0.25) is 0 Å². The van der Waals surface area contributed by atoms with Crippen molar-refractivity contribution in [2.75, 3.05) is 12.8 Å². The Morgan fingerprint density at radius 1 is 1.27 bits per heavy atom. The minimum Gasteiger partial charge on any atom is -0.398 e. The first-order valence-corrected chi connectivity index (χ1v) is 10.7. The van der Waals surface area contributed by atoms with Gasteiger partial charge in [-0.25, -0.2) is 4.39 Å². The number of anilines is 1. The lowest BCUT2D eigenvalue weighted by atomic mass is 9.89. The lowest BCUT2D eigenvalue weighted by Gasteiger charge is -2.23. The Balaban J connectivity index is 1.71. The second-order valence-corrected chi connectivity index (χ2v) is 8.89. The molecule has 0 radical (unpaired) electrons. The van der Waals surface area contributed by atoms with Gasteiger partial charge in [-0.2, -0.15) is 0 Å². The van der Waals surface area contributed by atoms with Gasteiger partial charge in [-0.1, -0.05) is 6.07 Å². The predicted octanol–water partition coefficient (Wildman–Crippen LogP) is 4.21. The Morgan fingerprint density at radius 3 is 2.64 bits per heavy atom. The second-order valence-electron chi connectivity index (χ2n) is 8.89. The number of aliphatic imine (C=N–C) groups is 1. The lowest BCUT2D eigenvalue weighted by Crippen LogP contribution is -2.24. The Bertz CT molecular complexity index is 1250. The largest absolute Gasteiger partial charge is 0.398 e. The number of nitrogens with two attached hydrogens (primary N) is 1. The quantitative estimate of drug-likeness (QED) is 0.454. The molecule has 1 amide bonds. The van der Waals surface area contributed by atoms with Crippen molar-refractivity contribution in [3.8, 4) is 11.1 Å². The van der Waals surface area contributed by atoms with E-state index in [9.17, 15) is 9.90 Å². The average Bonchev–Trinajstić information content (AvgIpc) is 3.07. The average molecular weight is 447 g/mol. The molecule has 0 spiro atoms. The zero-order valence-electron chi connectivity index (χ0n) is 19.2. The Hall–Kier alpha value is -3.58. The zero-order valence-corrected chi connectivity index (χ0v) is 19.2. The Kier molecular flexibility index (Phi) is 5.76. The summed E-state index contributed by atoms with van der Waals surface area (Å²) in [6.45, 7) is 5.67. The van der Waals surface area contributed by atoms with E-state index in [1.54, 1.807) is 56.4 Å². The van der Waals surface area contributed by atoms with Crippen LogP contribution in [0, 0.1) is 12.7 Å². The zero-order chi connectivity index (χ0) is 23.9. The summed E-state index contributed by atoms with van der Waals surface area (Å²) in [5.74, 6) is -0.535. The first-order valence-electron chi connectivity index (χ1n) is 10.7. The van der Waals surface area contributed by atoms with Gasteiger partial charge in [0.1, 0.15) is 5.82 Å². The number of rotatable bonds is 5. The smallest absolute Gasteiger partial charge is 0.256 e. The number of aryl methyl sites for hydroxylation is 1. The molecule has 2 aromatic carbocycles. The molecule has 0 saturated carbocycles. The standard InChI is InChI=1S/C26H27FN4O2/c1-15-8-16(17-9-18(12-29-4)24(28)21(10-17)26(2,3)33)11-22(27)20(15)13-31-14-23-19(25(31)32)6-5-7-30-23/h5-12,33H,13-14,28H2,1-4H3. The van der Waals surface area contributed by atoms with Crippen molar-refractivity contribution in [3.05, 3.63) is 81.9 Å². The maximum atomic E-state index is 15.3. The molecule has 2 heterocycles. The monoisotopic (exact) mass is 446 g/mol. The fourth-order valence-corrected chi connectivity index (χ4v) is 4.24. The molecule has 0 unspecified atom stereocenters. The van der Waals surface area contributed by atoms with Crippen molar-refractivity contribution >= 4 is 17.8 Å². The van der Waals surface area contributed by atoms with Crippen molar-refractivity contribution in [1.29, 1.82) is 0 Å². The van der Waals surface area contributed by atoms with E-state index in [-0.39, 0.29) is 12.5 Å². The van der Waals surface area contributed by atoms with E-state index >= 15 is 4.39 Å². The molecule has 3 aromatic rings. The number of nitrogen functional groups attached to an aromatic ring is 1. The van der Waals surface area contributed by atoms with Gasteiger partial charge in [0, 0.05) is 48.4 Å². The fraction of sp³-hybridized carbons (Fsp3) is 0.269. The van der Waals surface area contributed by atoms with Gasteiger partial charge in [-0.3, -0.25) is 14.8 Å². The molecule has 7 heteroatoms. The summed E-state index contributed by atoms with van der Waals surface area (Å²) in [5.41, 5.74) is 10.6. The molecule has 170 valence electrons. The van der Waals surface area contributed by atoms with Crippen LogP contribution in [0.3, 0.4) is 0 Å². The van der Waals surface area contributed by atoms with E-state index in [0.717, 1.165) is 11.1 Å². The van der Waals surface area contributed by atoms with Crippen molar-refractivity contribution in [1.82, 2.24) is 9.88 Å². The van der Waals surface area contributed by atoms with Gasteiger partial charge in [0.05, 0.1) is 23.4 Å². The summed E-state index contributed by atoms with van der Waals surface area (Å²) in [6, 6.07) is 10.4. The minimum atomic E-state index is -1.18. The molecule has 0 bridgehead atoms. The number of halogens is 1. The van der Waals surface area contributed by atoms with Gasteiger partial charge in [0.2, 0.25) is 0 Å². The molecule has 0 fully saturated rings.